The van der Waals surface area contributed by atoms with Gasteiger partial charge in [0.2, 0.25) is 0 Å². The van der Waals surface area contributed by atoms with E-state index in [9.17, 15) is 0 Å². The van der Waals surface area contributed by atoms with Gasteiger partial charge >= 0.3 is 0 Å². The fourth-order valence-electron chi connectivity index (χ4n) is 2.32. The van der Waals surface area contributed by atoms with Gasteiger partial charge in [0.1, 0.15) is 10.9 Å². The van der Waals surface area contributed by atoms with Gasteiger partial charge in [-0.25, -0.2) is 9.97 Å². The summed E-state index contributed by atoms with van der Waals surface area (Å²) in [4.78, 5) is 8.97. The second kappa shape index (κ2) is 5.30. The van der Waals surface area contributed by atoms with E-state index in [0.29, 0.717) is 28.6 Å². The molecule has 0 spiro atoms. The average Bonchev–Trinajstić information content (AvgIpc) is 2.93. The minimum absolute atomic E-state index is 0.305. The van der Waals surface area contributed by atoms with Gasteiger partial charge in [-0.15, -0.1) is 0 Å². The molecule has 5 heteroatoms. The first-order valence-electron chi connectivity index (χ1n) is 6.80. The summed E-state index contributed by atoms with van der Waals surface area (Å²) in [5.41, 5.74) is 0.971. The van der Waals surface area contributed by atoms with Crippen molar-refractivity contribution in [2.75, 3.05) is 0 Å². The maximum Gasteiger partial charge on any atom is 0.197 e. The molecule has 2 unspecified atom stereocenters. The number of furan rings is 1. The Kier molecular flexibility index (Phi) is 3.79. The Labute approximate surface area is 137 Å². The van der Waals surface area contributed by atoms with Gasteiger partial charge in [0.15, 0.2) is 11.6 Å². The lowest BCUT2D eigenvalue weighted by atomic mass is 10.1. The highest BCUT2D eigenvalue weighted by molar-refractivity contribution is 14.1. The molecule has 2 aromatic heterocycles. The molecular formula is C15H16ClIN2O. The van der Waals surface area contributed by atoms with Crippen molar-refractivity contribution in [1.29, 1.82) is 0 Å². The summed E-state index contributed by atoms with van der Waals surface area (Å²) in [7, 11) is 0. The molecule has 3 rings (SSSR count). The van der Waals surface area contributed by atoms with Gasteiger partial charge in [-0.1, -0.05) is 32.4 Å². The Morgan fingerprint density at radius 1 is 1.35 bits per heavy atom. The number of hydrogen-bond acceptors (Lipinski definition) is 3. The van der Waals surface area contributed by atoms with Crippen LogP contribution in [0.1, 0.15) is 50.5 Å². The Bertz CT molecular complexity index is 653. The minimum atomic E-state index is 0.305. The third kappa shape index (κ3) is 2.60. The number of rotatable bonds is 3. The van der Waals surface area contributed by atoms with Crippen LogP contribution >= 0.6 is 34.2 Å². The van der Waals surface area contributed by atoms with Crippen LogP contribution in [0.15, 0.2) is 16.5 Å². The fourth-order valence-corrected chi connectivity index (χ4v) is 3.36. The summed E-state index contributed by atoms with van der Waals surface area (Å²) in [6.07, 6.45) is 1.21. The molecule has 2 aromatic rings. The predicted molar refractivity (Wildman–Crippen MR) is 88.1 cm³/mol. The SMILES string of the molecule is CC(C)c1nc(-c2ccc(C3CC3C)o2)nc(Cl)c1I. The number of nitrogens with zero attached hydrogens (tertiary/aromatic N) is 2. The second-order valence-corrected chi connectivity index (χ2v) is 7.15. The van der Waals surface area contributed by atoms with Gasteiger partial charge in [0.25, 0.3) is 0 Å². The molecule has 0 bridgehead atoms. The highest BCUT2D eigenvalue weighted by Crippen LogP contribution is 2.48. The van der Waals surface area contributed by atoms with Crippen molar-refractivity contribution in [2.45, 2.75) is 39.0 Å². The fraction of sp³-hybridized carbons (Fsp3) is 0.467. The zero-order valence-corrected chi connectivity index (χ0v) is 14.6. The number of halogens is 2. The molecule has 0 N–H and O–H groups in total. The summed E-state index contributed by atoms with van der Waals surface area (Å²) in [6, 6.07) is 3.98. The smallest absolute Gasteiger partial charge is 0.197 e. The zero-order chi connectivity index (χ0) is 14.4. The maximum atomic E-state index is 6.22. The molecular weight excluding hydrogens is 387 g/mol. The largest absolute Gasteiger partial charge is 0.457 e. The summed E-state index contributed by atoms with van der Waals surface area (Å²) in [5, 5.41) is 0.497. The van der Waals surface area contributed by atoms with Crippen LogP contribution in [0.3, 0.4) is 0 Å². The van der Waals surface area contributed by atoms with E-state index < -0.39 is 0 Å². The maximum absolute atomic E-state index is 6.22. The van der Waals surface area contributed by atoms with Crippen LogP contribution in [-0.2, 0) is 0 Å². The van der Waals surface area contributed by atoms with Crippen LogP contribution in [-0.4, -0.2) is 9.97 Å². The lowest BCUT2D eigenvalue weighted by Gasteiger charge is -2.09. The summed E-state index contributed by atoms with van der Waals surface area (Å²) < 4.78 is 6.83. The lowest BCUT2D eigenvalue weighted by Crippen LogP contribution is -2.02. The Morgan fingerprint density at radius 2 is 2.05 bits per heavy atom. The molecule has 0 aromatic carbocycles. The highest BCUT2D eigenvalue weighted by Gasteiger charge is 2.36. The van der Waals surface area contributed by atoms with Crippen LogP contribution in [0.5, 0.6) is 0 Å². The van der Waals surface area contributed by atoms with Crippen molar-refractivity contribution < 1.29 is 4.42 Å². The van der Waals surface area contributed by atoms with E-state index in [2.05, 4.69) is 53.3 Å². The van der Waals surface area contributed by atoms with E-state index >= 15 is 0 Å². The molecule has 2 heterocycles. The Morgan fingerprint density at radius 3 is 2.65 bits per heavy atom. The van der Waals surface area contributed by atoms with Crippen molar-refractivity contribution in [3.63, 3.8) is 0 Å². The van der Waals surface area contributed by atoms with Gasteiger partial charge in [0, 0.05) is 5.92 Å². The molecule has 0 radical (unpaired) electrons. The summed E-state index contributed by atoms with van der Waals surface area (Å²) in [6.45, 7) is 6.44. The van der Waals surface area contributed by atoms with Crippen LogP contribution in [0.25, 0.3) is 11.6 Å². The van der Waals surface area contributed by atoms with E-state index in [0.717, 1.165) is 20.9 Å². The Hall–Kier alpha value is -0.620. The van der Waals surface area contributed by atoms with E-state index in [1.165, 1.54) is 6.42 Å². The zero-order valence-electron chi connectivity index (χ0n) is 11.7. The summed E-state index contributed by atoms with van der Waals surface area (Å²) >= 11 is 8.41. The quantitative estimate of drug-likeness (QED) is 0.520. The summed E-state index contributed by atoms with van der Waals surface area (Å²) in [5.74, 6) is 3.92. The topological polar surface area (TPSA) is 38.9 Å². The minimum Gasteiger partial charge on any atom is -0.457 e. The molecule has 106 valence electrons. The van der Waals surface area contributed by atoms with Crippen LogP contribution < -0.4 is 0 Å². The van der Waals surface area contributed by atoms with E-state index in [1.807, 2.05) is 12.1 Å². The first-order chi connectivity index (χ1) is 9.47. The molecule has 0 aliphatic heterocycles. The van der Waals surface area contributed by atoms with Crippen molar-refractivity contribution in [1.82, 2.24) is 9.97 Å². The molecule has 3 nitrogen and oxygen atoms in total. The van der Waals surface area contributed by atoms with E-state index in [4.69, 9.17) is 16.0 Å². The Balaban J connectivity index is 1.99. The van der Waals surface area contributed by atoms with E-state index in [-0.39, 0.29) is 0 Å². The molecule has 1 saturated carbocycles. The molecule has 20 heavy (non-hydrogen) atoms. The van der Waals surface area contributed by atoms with Crippen LogP contribution in [0.2, 0.25) is 5.15 Å². The van der Waals surface area contributed by atoms with Gasteiger partial charge in [-0.2, -0.15) is 0 Å². The molecule has 1 fully saturated rings. The van der Waals surface area contributed by atoms with Crippen molar-refractivity contribution in [3.8, 4) is 11.6 Å². The first kappa shape index (κ1) is 14.3. The van der Waals surface area contributed by atoms with Gasteiger partial charge in [-0.3, -0.25) is 0 Å². The third-order valence-corrected chi connectivity index (χ3v) is 5.36. The monoisotopic (exact) mass is 402 g/mol. The van der Waals surface area contributed by atoms with Gasteiger partial charge < -0.3 is 4.42 Å². The van der Waals surface area contributed by atoms with Gasteiger partial charge in [0.05, 0.1) is 9.26 Å². The standard InChI is InChI=1S/C15H16ClIN2O/c1-7(2)13-12(17)14(16)19-15(18-13)11-5-4-10(20-11)9-6-8(9)3/h4-5,7-9H,6H2,1-3H3. The van der Waals surface area contributed by atoms with E-state index in [1.54, 1.807) is 0 Å². The van der Waals surface area contributed by atoms with Crippen molar-refractivity contribution in [3.05, 3.63) is 32.3 Å². The second-order valence-electron chi connectivity index (χ2n) is 5.71. The van der Waals surface area contributed by atoms with Crippen LogP contribution in [0.4, 0.5) is 0 Å². The molecule has 1 aliphatic rings. The number of aromatic nitrogens is 2. The van der Waals surface area contributed by atoms with Crippen molar-refractivity contribution >= 4 is 34.2 Å². The highest BCUT2D eigenvalue weighted by atomic mass is 127. The molecule has 0 saturated heterocycles. The first-order valence-corrected chi connectivity index (χ1v) is 8.26. The van der Waals surface area contributed by atoms with Gasteiger partial charge in [-0.05, 0) is 53.0 Å². The van der Waals surface area contributed by atoms with Crippen molar-refractivity contribution in [2.24, 2.45) is 5.92 Å². The van der Waals surface area contributed by atoms with Crippen LogP contribution in [0, 0.1) is 9.49 Å². The number of hydrogen-bond donors (Lipinski definition) is 0. The average molecular weight is 403 g/mol. The predicted octanol–water partition coefficient (Wildman–Crippen LogP) is 5.24. The normalized spacial score (nSPS) is 21.5. The third-order valence-electron chi connectivity index (χ3n) is 3.71. The lowest BCUT2D eigenvalue weighted by molar-refractivity contribution is 0.514. The molecule has 2 atom stereocenters. The molecule has 1 aliphatic carbocycles. The molecule has 0 amide bonds.